The molecule has 0 atom stereocenters. The molecule has 0 saturated carbocycles. The van der Waals surface area contributed by atoms with E-state index in [4.69, 9.17) is 0 Å². The van der Waals surface area contributed by atoms with Gasteiger partial charge in [0.15, 0.2) is 0 Å². The molecule has 1 aliphatic rings. The number of rotatable bonds is 7. The van der Waals surface area contributed by atoms with Crippen LogP contribution in [0, 0.1) is 0 Å². The fourth-order valence-electron chi connectivity index (χ4n) is 2.68. The van der Waals surface area contributed by atoms with Gasteiger partial charge in [0, 0.05) is 39.3 Å². The maximum atomic E-state index is 12.1. The lowest BCUT2D eigenvalue weighted by Gasteiger charge is -2.34. The van der Waals surface area contributed by atoms with E-state index in [2.05, 4.69) is 19.9 Å². The highest BCUT2D eigenvalue weighted by Gasteiger charge is 2.31. The van der Waals surface area contributed by atoms with Gasteiger partial charge in [0.25, 0.3) is 0 Å². The Morgan fingerprint density at radius 3 is 2.28 bits per heavy atom. The Morgan fingerprint density at radius 2 is 1.72 bits per heavy atom. The molecule has 1 aliphatic heterocycles. The second-order valence-electron chi connectivity index (χ2n) is 6.09. The van der Waals surface area contributed by atoms with Crippen LogP contribution in [0.1, 0.15) is 18.9 Å². The molecule has 1 N–H and O–H groups in total. The van der Waals surface area contributed by atoms with E-state index in [0.717, 1.165) is 38.2 Å². The minimum Gasteiger partial charge on any atom is -0.406 e. The molecule has 0 aromatic heterocycles. The van der Waals surface area contributed by atoms with Gasteiger partial charge in [-0.1, -0.05) is 19.1 Å². The van der Waals surface area contributed by atoms with Crippen molar-refractivity contribution in [2.75, 3.05) is 39.3 Å². The Bertz CT molecular complexity index is 541. The van der Waals surface area contributed by atoms with Crippen molar-refractivity contribution in [3.8, 4) is 5.75 Å². The van der Waals surface area contributed by atoms with Crippen LogP contribution < -0.4 is 10.1 Å². The van der Waals surface area contributed by atoms with Crippen molar-refractivity contribution in [1.29, 1.82) is 0 Å². The van der Waals surface area contributed by atoms with E-state index in [1.165, 1.54) is 12.1 Å². The van der Waals surface area contributed by atoms with Gasteiger partial charge >= 0.3 is 6.36 Å². The molecule has 1 heterocycles. The molecule has 0 bridgehead atoms. The third-order valence-corrected chi connectivity index (χ3v) is 3.97. The molecule has 1 aromatic rings. The molecule has 8 heteroatoms. The summed E-state index contributed by atoms with van der Waals surface area (Å²) in [6.07, 6.45) is -3.74. The van der Waals surface area contributed by atoms with Crippen LogP contribution >= 0.6 is 0 Å². The molecule has 0 unspecified atom stereocenters. The van der Waals surface area contributed by atoms with Crippen LogP contribution in [0.25, 0.3) is 0 Å². The summed E-state index contributed by atoms with van der Waals surface area (Å²) in [7, 11) is 0. The lowest BCUT2D eigenvalue weighted by Crippen LogP contribution is -2.49. The second kappa shape index (κ2) is 9.05. The first-order valence-electron chi connectivity index (χ1n) is 8.42. The van der Waals surface area contributed by atoms with Crippen LogP contribution in [0.5, 0.6) is 5.75 Å². The van der Waals surface area contributed by atoms with Crippen LogP contribution in [0.4, 0.5) is 13.2 Å². The number of carbonyl (C=O) groups is 1. The van der Waals surface area contributed by atoms with E-state index >= 15 is 0 Å². The van der Waals surface area contributed by atoms with Crippen molar-refractivity contribution in [3.05, 3.63) is 29.8 Å². The van der Waals surface area contributed by atoms with E-state index in [1.54, 1.807) is 12.1 Å². The summed E-state index contributed by atoms with van der Waals surface area (Å²) in [5.41, 5.74) is 0.934. The number of nitrogens with zero attached hydrogens (tertiary/aromatic N) is 2. The summed E-state index contributed by atoms with van der Waals surface area (Å²) in [5, 5.41) is 2.87. The predicted octanol–water partition coefficient (Wildman–Crippen LogP) is 2.23. The largest absolute Gasteiger partial charge is 0.573 e. The first-order valence-corrected chi connectivity index (χ1v) is 8.42. The Labute approximate surface area is 145 Å². The highest BCUT2D eigenvalue weighted by molar-refractivity contribution is 5.77. The van der Waals surface area contributed by atoms with Crippen LogP contribution in [-0.2, 0) is 11.3 Å². The van der Waals surface area contributed by atoms with E-state index in [1.807, 2.05) is 6.92 Å². The first kappa shape index (κ1) is 19.5. The summed E-state index contributed by atoms with van der Waals surface area (Å²) in [6.45, 7) is 7.04. The van der Waals surface area contributed by atoms with Crippen molar-refractivity contribution < 1.29 is 22.7 Å². The minimum absolute atomic E-state index is 0.0514. The third-order valence-electron chi connectivity index (χ3n) is 3.97. The average molecular weight is 359 g/mol. The van der Waals surface area contributed by atoms with Crippen molar-refractivity contribution in [2.24, 2.45) is 0 Å². The lowest BCUT2D eigenvalue weighted by atomic mass is 10.2. The summed E-state index contributed by atoms with van der Waals surface area (Å²) in [4.78, 5) is 16.1. The molecule has 5 nitrogen and oxygen atoms in total. The zero-order chi connectivity index (χ0) is 18.3. The quantitative estimate of drug-likeness (QED) is 0.811. The number of piperazine rings is 1. The molecular weight excluding hydrogens is 335 g/mol. The van der Waals surface area contributed by atoms with Gasteiger partial charge < -0.3 is 10.1 Å². The van der Waals surface area contributed by atoms with Gasteiger partial charge in [-0.15, -0.1) is 13.2 Å². The van der Waals surface area contributed by atoms with E-state index in [-0.39, 0.29) is 11.7 Å². The van der Waals surface area contributed by atoms with Gasteiger partial charge in [-0.2, -0.15) is 0 Å². The molecule has 0 aliphatic carbocycles. The molecule has 1 fully saturated rings. The molecule has 1 saturated heterocycles. The Balaban J connectivity index is 1.73. The molecule has 1 aromatic carbocycles. The lowest BCUT2D eigenvalue weighted by molar-refractivity contribution is -0.274. The summed E-state index contributed by atoms with van der Waals surface area (Å²) < 4.78 is 40.3. The zero-order valence-corrected chi connectivity index (χ0v) is 14.3. The van der Waals surface area contributed by atoms with E-state index in [0.29, 0.717) is 19.6 Å². The normalized spacial score (nSPS) is 16.6. The molecule has 0 radical (unpaired) electrons. The van der Waals surface area contributed by atoms with Crippen molar-refractivity contribution >= 4 is 5.91 Å². The number of benzene rings is 1. The number of hydrogen-bond acceptors (Lipinski definition) is 4. The van der Waals surface area contributed by atoms with Crippen LogP contribution in [0.2, 0.25) is 0 Å². The predicted molar refractivity (Wildman–Crippen MR) is 88.1 cm³/mol. The highest BCUT2D eigenvalue weighted by Crippen LogP contribution is 2.23. The van der Waals surface area contributed by atoms with Gasteiger partial charge in [-0.3, -0.25) is 14.6 Å². The third kappa shape index (κ3) is 7.31. The van der Waals surface area contributed by atoms with Gasteiger partial charge in [-0.05, 0) is 24.1 Å². The monoisotopic (exact) mass is 359 g/mol. The number of carbonyl (C=O) groups excluding carboxylic acids is 1. The fraction of sp³-hybridized carbons (Fsp3) is 0.588. The van der Waals surface area contributed by atoms with Gasteiger partial charge in [0.05, 0.1) is 6.54 Å². The SMILES string of the molecule is CCCNC(=O)CN1CCN(Cc2ccc(OC(F)(F)F)cc2)CC1. The molecule has 2 rings (SSSR count). The van der Waals surface area contributed by atoms with E-state index in [9.17, 15) is 18.0 Å². The van der Waals surface area contributed by atoms with Crippen molar-refractivity contribution in [3.63, 3.8) is 0 Å². The number of ether oxygens (including phenoxy) is 1. The molecule has 25 heavy (non-hydrogen) atoms. The number of hydrogen-bond donors (Lipinski definition) is 1. The number of halogens is 3. The second-order valence-corrected chi connectivity index (χ2v) is 6.09. The van der Waals surface area contributed by atoms with Gasteiger partial charge in [-0.25, -0.2) is 0 Å². The van der Waals surface area contributed by atoms with Gasteiger partial charge in [0.1, 0.15) is 5.75 Å². The summed E-state index contributed by atoms with van der Waals surface area (Å²) >= 11 is 0. The van der Waals surface area contributed by atoms with E-state index < -0.39 is 6.36 Å². The first-order chi connectivity index (χ1) is 11.9. The van der Waals surface area contributed by atoms with Crippen LogP contribution in [0.15, 0.2) is 24.3 Å². The topological polar surface area (TPSA) is 44.8 Å². The minimum atomic E-state index is -4.67. The number of alkyl halides is 3. The highest BCUT2D eigenvalue weighted by atomic mass is 19.4. The summed E-state index contributed by atoms with van der Waals surface area (Å²) in [5.74, 6) is -0.158. The van der Waals surface area contributed by atoms with Crippen LogP contribution in [-0.4, -0.2) is 61.3 Å². The Kier molecular flexibility index (Phi) is 7.07. The molecule has 1 amide bonds. The molecular formula is C17H24F3N3O2. The molecule has 140 valence electrons. The Morgan fingerprint density at radius 1 is 1.12 bits per heavy atom. The number of nitrogens with one attached hydrogen (secondary N) is 1. The standard InChI is InChI=1S/C17H24F3N3O2/c1-2-7-21-16(24)13-23-10-8-22(9-11-23)12-14-3-5-15(6-4-14)25-17(18,19)20/h3-6H,2,7-13H2,1H3,(H,21,24). The summed E-state index contributed by atoms with van der Waals surface area (Å²) in [6, 6.07) is 5.95. The Hall–Kier alpha value is -1.80. The fourth-order valence-corrected chi connectivity index (χ4v) is 2.68. The average Bonchev–Trinajstić information content (AvgIpc) is 2.55. The smallest absolute Gasteiger partial charge is 0.406 e. The number of amides is 1. The molecule has 0 spiro atoms. The van der Waals surface area contributed by atoms with Crippen molar-refractivity contribution in [1.82, 2.24) is 15.1 Å². The van der Waals surface area contributed by atoms with Crippen molar-refractivity contribution in [2.45, 2.75) is 26.3 Å². The van der Waals surface area contributed by atoms with Crippen LogP contribution in [0.3, 0.4) is 0 Å². The maximum Gasteiger partial charge on any atom is 0.573 e. The maximum absolute atomic E-state index is 12.1. The zero-order valence-electron chi connectivity index (χ0n) is 14.3. The van der Waals surface area contributed by atoms with Gasteiger partial charge in [0.2, 0.25) is 5.91 Å².